The number of benzene rings is 2. The highest BCUT2D eigenvalue weighted by molar-refractivity contribution is 7.92. The van der Waals surface area contributed by atoms with Crippen LogP contribution in [0.2, 0.25) is 0 Å². The number of anilines is 2. The largest absolute Gasteiger partial charge is 0.482 e. The Morgan fingerprint density at radius 1 is 1.22 bits per heavy atom. The lowest BCUT2D eigenvalue weighted by atomic mass is 10.1. The van der Waals surface area contributed by atoms with Crippen molar-refractivity contribution in [1.82, 2.24) is 10.1 Å². The molecule has 1 aliphatic rings. The number of ether oxygens (including phenoxy) is 1. The Morgan fingerprint density at radius 2 is 2.00 bits per heavy atom. The summed E-state index contributed by atoms with van der Waals surface area (Å²) in [5.41, 5.74) is 0.0693. The molecular weight excluding hydrogens is 446 g/mol. The van der Waals surface area contributed by atoms with Gasteiger partial charge in [0.05, 0.1) is 22.8 Å². The van der Waals surface area contributed by atoms with Gasteiger partial charge in [-0.1, -0.05) is 12.1 Å². The minimum atomic E-state index is -4.29. The highest BCUT2D eigenvalue weighted by atomic mass is 32.2. The maximum Gasteiger partial charge on any atom is 0.265 e. The van der Waals surface area contributed by atoms with Gasteiger partial charge in [-0.05, 0) is 30.7 Å². The van der Waals surface area contributed by atoms with E-state index < -0.39 is 27.3 Å². The highest BCUT2D eigenvalue weighted by Gasteiger charge is 2.30. The smallest absolute Gasteiger partial charge is 0.265 e. The molecule has 0 spiro atoms. The molecule has 0 saturated carbocycles. The van der Waals surface area contributed by atoms with Crippen molar-refractivity contribution in [3.63, 3.8) is 0 Å². The van der Waals surface area contributed by atoms with Crippen LogP contribution in [0.25, 0.3) is 0 Å². The number of amides is 1. The van der Waals surface area contributed by atoms with Crippen molar-refractivity contribution in [2.45, 2.75) is 31.7 Å². The number of sulfonamides is 1. The first-order chi connectivity index (χ1) is 15.2. The lowest BCUT2D eigenvalue weighted by Crippen LogP contribution is -2.38. The molecule has 1 N–H and O–H groups in total. The Kier molecular flexibility index (Phi) is 5.55. The fourth-order valence-corrected chi connectivity index (χ4v) is 4.51. The Balaban J connectivity index is 1.68. The minimum absolute atomic E-state index is 0.0109. The van der Waals surface area contributed by atoms with Crippen LogP contribution < -0.4 is 14.4 Å². The molecule has 0 bridgehead atoms. The second-order valence-corrected chi connectivity index (χ2v) is 8.69. The summed E-state index contributed by atoms with van der Waals surface area (Å²) < 4.78 is 65.7. The van der Waals surface area contributed by atoms with E-state index in [1.165, 1.54) is 24.0 Å². The van der Waals surface area contributed by atoms with E-state index in [4.69, 9.17) is 9.26 Å². The van der Waals surface area contributed by atoms with Crippen LogP contribution in [0.4, 0.5) is 20.2 Å². The summed E-state index contributed by atoms with van der Waals surface area (Å²) in [6.07, 6.45) is 0.542. The third-order valence-electron chi connectivity index (χ3n) is 4.77. The number of aromatic nitrogens is 2. The lowest BCUT2D eigenvalue weighted by Gasteiger charge is -2.29. The second-order valence-electron chi connectivity index (χ2n) is 7.04. The topological polar surface area (TPSA) is 115 Å². The molecule has 4 rings (SSSR count). The fourth-order valence-electron chi connectivity index (χ4n) is 3.21. The van der Waals surface area contributed by atoms with Crippen LogP contribution in [0, 0.1) is 18.6 Å². The first-order valence-electron chi connectivity index (χ1n) is 9.55. The predicted molar refractivity (Wildman–Crippen MR) is 109 cm³/mol. The van der Waals surface area contributed by atoms with Gasteiger partial charge < -0.3 is 9.26 Å². The molecule has 0 radical (unpaired) electrons. The third-order valence-corrected chi connectivity index (χ3v) is 6.28. The van der Waals surface area contributed by atoms with Gasteiger partial charge in [-0.3, -0.25) is 14.4 Å². The Bertz CT molecular complexity index is 1310. The molecule has 1 aliphatic heterocycles. The number of nitrogens with zero attached hydrogens (tertiary/aromatic N) is 3. The van der Waals surface area contributed by atoms with Gasteiger partial charge in [-0.15, -0.1) is 0 Å². The SMILES string of the molecule is CCc1nc(CN2C(=O)COc3cc(S(=O)(=O)Nc4cc(F)ccc4F)c(C)cc32)no1. The van der Waals surface area contributed by atoms with E-state index in [0.29, 0.717) is 23.8 Å². The molecule has 2 aromatic carbocycles. The molecule has 0 fully saturated rings. The third kappa shape index (κ3) is 4.13. The van der Waals surface area contributed by atoms with Gasteiger partial charge in [-0.25, -0.2) is 17.2 Å². The quantitative estimate of drug-likeness (QED) is 0.596. The van der Waals surface area contributed by atoms with E-state index in [1.807, 2.05) is 11.6 Å². The first kappa shape index (κ1) is 21.7. The number of carbonyl (C=O) groups excluding carboxylic acids is 1. The molecule has 2 heterocycles. The Labute approximate surface area is 182 Å². The molecule has 0 saturated heterocycles. The Hall–Kier alpha value is -3.54. The van der Waals surface area contributed by atoms with Crippen molar-refractivity contribution in [1.29, 1.82) is 0 Å². The zero-order valence-corrected chi connectivity index (χ0v) is 17.9. The van der Waals surface area contributed by atoms with Gasteiger partial charge in [0.1, 0.15) is 17.4 Å². The number of aryl methyl sites for hydroxylation is 2. The number of halogens is 2. The normalized spacial score (nSPS) is 13.6. The summed E-state index contributed by atoms with van der Waals surface area (Å²) in [4.78, 5) is 17.8. The molecule has 0 unspecified atom stereocenters. The number of hydrogen-bond donors (Lipinski definition) is 1. The van der Waals surface area contributed by atoms with Crippen LogP contribution in [-0.2, 0) is 27.8 Å². The molecule has 3 aromatic rings. The molecule has 1 amide bonds. The summed E-state index contributed by atoms with van der Waals surface area (Å²) >= 11 is 0. The molecule has 12 heteroatoms. The van der Waals surface area contributed by atoms with Crippen molar-refractivity contribution in [2.75, 3.05) is 16.2 Å². The standard InChI is InChI=1S/C20H18F2N4O5S/c1-3-19-23-18(24-31-19)9-26-15-6-11(2)17(8-16(15)30-10-20(26)27)32(28,29)25-14-7-12(21)4-5-13(14)22/h4-8,25H,3,9-10H2,1-2H3. The number of carbonyl (C=O) groups is 1. The minimum Gasteiger partial charge on any atom is -0.482 e. The zero-order chi connectivity index (χ0) is 23.0. The number of nitrogens with one attached hydrogen (secondary N) is 1. The average Bonchev–Trinajstić information content (AvgIpc) is 3.20. The monoisotopic (exact) mass is 464 g/mol. The number of fused-ring (bicyclic) bond motifs is 1. The molecule has 32 heavy (non-hydrogen) atoms. The van der Waals surface area contributed by atoms with Gasteiger partial charge >= 0.3 is 0 Å². The molecule has 0 atom stereocenters. The second kappa shape index (κ2) is 8.19. The van der Waals surface area contributed by atoms with Crippen molar-refractivity contribution in [3.05, 3.63) is 59.2 Å². The van der Waals surface area contributed by atoms with Crippen molar-refractivity contribution in [2.24, 2.45) is 0 Å². The van der Waals surface area contributed by atoms with Crippen LogP contribution in [0.1, 0.15) is 24.2 Å². The van der Waals surface area contributed by atoms with Gasteiger partial charge in [0.15, 0.2) is 12.4 Å². The summed E-state index contributed by atoms with van der Waals surface area (Å²) in [5, 5.41) is 3.84. The van der Waals surface area contributed by atoms with Crippen LogP contribution in [0.3, 0.4) is 0 Å². The molecule has 9 nitrogen and oxygen atoms in total. The summed E-state index contributed by atoms with van der Waals surface area (Å²) in [5.74, 6) is -1.23. The van der Waals surface area contributed by atoms with Gasteiger partial charge in [0.25, 0.3) is 15.9 Å². The fraction of sp³-hybridized carbons (Fsp3) is 0.250. The molecule has 0 aliphatic carbocycles. The van der Waals surface area contributed by atoms with Gasteiger partial charge in [-0.2, -0.15) is 4.98 Å². The van der Waals surface area contributed by atoms with E-state index in [9.17, 15) is 22.0 Å². The summed E-state index contributed by atoms with van der Waals surface area (Å²) in [6.45, 7) is 3.05. The number of rotatable bonds is 6. The van der Waals surface area contributed by atoms with Gasteiger partial charge in [0.2, 0.25) is 5.89 Å². The van der Waals surface area contributed by atoms with Crippen LogP contribution in [0.15, 0.2) is 39.8 Å². The van der Waals surface area contributed by atoms with Crippen LogP contribution >= 0.6 is 0 Å². The maximum atomic E-state index is 13.9. The van der Waals surface area contributed by atoms with Crippen LogP contribution in [0.5, 0.6) is 5.75 Å². The van der Waals surface area contributed by atoms with Crippen molar-refractivity contribution >= 4 is 27.3 Å². The number of hydrogen-bond acceptors (Lipinski definition) is 7. The van der Waals surface area contributed by atoms with E-state index in [2.05, 4.69) is 10.1 Å². The van der Waals surface area contributed by atoms with Crippen LogP contribution in [-0.4, -0.2) is 31.1 Å². The summed E-state index contributed by atoms with van der Waals surface area (Å²) in [6, 6.07) is 5.14. The van der Waals surface area contributed by atoms with Crippen molar-refractivity contribution in [3.8, 4) is 5.75 Å². The van der Waals surface area contributed by atoms with E-state index in [0.717, 1.165) is 18.2 Å². The Morgan fingerprint density at radius 3 is 2.72 bits per heavy atom. The van der Waals surface area contributed by atoms with Crippen molar-refractivity contribution < 1.29 is 31.3 Å². The first-order valence-corrected chi connectivity index (χ1v) is 11.0. The van der Waals surface area contributed by atoms with E-state index in [1.54, 1.807) is 0 Å². The molecule has 168 valence electrons. The lowest BCUT2D eigenvalue weighted by molar-refractivity contribution is -0.121. The predicted octanol–water partition coefficient (Wildman–Crippen LogP) is 2.95. The highest BCUT2D eigenvalue weighted by Crippen LogP contribution is 2.37. The van der Waals surface area contributed by atoms with E-state index in [-0.39, 0.29) is 35.3 Å². The maximum absolute atomic E-state index is 13.9. The molecule has 1 aromatic heterocycles. The average molecular weight is 464 g/mol. The van der Waals surface area contributed by atoms with E-state index >= 15 is 0 Å². The molecular formula is C20H18F2N4O5S. The summed E-state index contributed by atoms with van der Waals surface area (Å²) in [7, 11) is -4.29. The zero-order valence-electron chi connectivity index (χ0n) is 17.1. The van der Waals surface area contributed by atoms with Gasteiger partial charge in [0, 0.05) is 18.6 Å².